The molecule has 1 saturated carbocycles. The zero-order valence-electron chi connectivity index (χ0n) is 15.7. The van der Waals surface area contributed by atoms with E-state index in [0.29, 0.717) is 5.92 Å². The summed E-state index contributed by atoms with van der Waals surface area (Å²) in [5.74, 6) is 0.193. The number of aromatic nitrogens is 2. The molecule has 0 saturated heterocycles. The summed E-state index contributed by atoms with van der Waals surface area (Å²) in [5.41, 5.74) is 6.38. The standard InChI is InChI=1S/C23H21N3O2/c1-14(26-22(27)11-10-21(25-26)15-6-7-15)23(28)24-18-8-9-20-17(13-18)12-16-4-2-3-5-19(16)20/h2-5,8-11,13-15H,6-7,12H2,1H3,(H,24,28). The number of nitrogens with zero attached hydrogens (tertiary/aromatic N) is 2. The van der Waals surface area contributed by atoms with Crippen LogP contribution < -0.4 is 10.9 Å². The minimum atomic E-state index is -0.670. The van der Waals surface area contributed by atoms with Crippen LogP contribution in [-0.4, -0.2) is 15.7 Å². The SMILES string of the molecule is CC(C(=O)Nc1ccc2c(c1)Cc1ccccc1-2)n1nc(C2CC2)ccc1=O. The molecule has 1 unspecified atom stereocenters. The molecular formula is C23H21N3O2. The number of carbonyl (C=O) groups is 1. The smallest absolute Gasteiger partial charge is 0.267 e. The van der Waals surface area contributed by atoms with Crippen LogP contribution in [0.15, 0.2) is 59.4 Å². The van der Waals surface area contributed by atoms with Crippen molar-refractivity contribution in [2.24, 2.45) is 0 Å². The lowest BCUT2D eigenvalue weighted by atomic mass is 10.1. The van der Waals surface area contributed by atoms with Crippen molar-refractivity contribution in [2.45, 2.75) is 38.1 Å². The van der Waals surface area contributed by atoms with Crippen molar-refractivity contribution in [3.05, 3.63) is 81.8 Å². The van der Waals surface area contributed by atoms with Gasteiger partial charge in [0.05, 0.1) is 5.69 Å². The van der Waals surface area contributed by atoms with E-state index in [1.54, 1.807) is 13.0 Å². The van der Waals surface area contributed by atoms with E-state index < -0.39 is 6.04 Å². The Morgan fingerprint density at radius 2 is 1.86 bits per heavy atom. The molecule has 1 fully saturated rings. The molecule has 2 aromatic carbocycles. The van der Waals surface area contributed by atoms with Gasteiger partial charge in [-0.15, -0.1) is 0 Å². The van der Waals surface area contributed by atoms with E-state index in [9.17, 15) is 9.59 Å². The topological polar surface area (TPSA) is 64.0 Å². The Balaban J connectivity index is 1.37. The van der Waals surface area contributed by atoms with Gasteiger partial charge >= 0.3 is 0 Å². The maximum atomic E-state index is 12.8. The first-order chi connectivity index (χ1) is 13.6. The van der Waals surface area contributed by atoms with Crippen LogP contribution in [0.2, 0.25) is 0 Å². The number of amides is 1. The first-order valence-electron chi connectivity index (χ1n) is 9.72. The summed E-state index contributed by atoms with van der Waals surface area (Å²) in [6, 6.07) is 17.0. The van der Waals surface area contributed by atoms with E-state index in [1.807, 2.05) is 18.2 Å². The highest BCUT2D eigenvalue weighted by Gasteiger charge is 2.27. The Morgan fingerprint density at radius 1 is 1.07 bits per heavy atom. The third kappa shape index (κ3) is 2.93. The molecule has 2 aliphatic rings. The fraction of sp³-hybridized carbons (Fsp3) is 0.261. The van der Waals surface area contributed by atoms with Crippen molar-refractivity contribution in [3.63, 3.8) is 0 Å². The van der Waals surface area contributed by atoms with Crippen LogP contribution in [0.25, 0.3) is 11.1 Å². The number of hydrogen-bond acceptors (Lipinski definition) is 3. The highest BCUT2D eigenvalue weighted by Crippen LogP contribution is 2.39. The summed E-state index contributed by atoms with van der Waals surface area (Å²) >= 11 is 0. The Labute approximate surface area is 163 Å². The van der Waals surface area contributed by atoms with Crippen LogP contribution in [0.4, 0.5) is 5.69 Å². The van der Waals surface area contributed by atoms with Gasteiger partial charge in [0, 0.05) is 17.7 Å². The molecule has 1 atom stereocenters. The lowest BCUT2D eigenvalue weighted by molar-refractivity contribution is -0.119. The first-order valence-corrected chi connectivity index (χ1v) is 9.72. The van der Waals surface area contributed by atoms with Crippen molar-refractivity contribution in [2.75, 3.05) is 5.32 Å². The lowest BCUT2D eigenvalue weighted by Gasteiger charge is -2.15. The van der Waals surface area contributed by atoms with Crippen molar-refractivity contribution in [1.82, 2.24) is 9.78 Å². The summed E-state index contributed by atoms with van der Waals surface area (Å²) in [6.45, 7) is 1.71. The Bertz CT molecular complexity index is 1140. The van der Waals surface area contributed by atoms with Crippen LogP contribution in [0.1, 0.15) is 48.5 Å². The van der Waals surface area contributed by atoms with Crippen LogP contribution in [0.3, 0.4) is 0 Å². The first kappa shape index (κ1) is 16.9. The van der Waals surface area contributed by atoms with Gasteiger partial charge in [-0.05, 0) is 66.6 Å². The van der Waals surface area contributed by atoms with Crippen molar-refractivity contribution < 1.29 is 4.79 Å². The highest BCUT2D eigenvalue weighted by atomic mass is 16.2. The fourth-order valence-corrected chi connectivity index (χ4v) is 3.89. The molecular weight excluding hydrogens is 350 g/mol. The average molecular weight is 371 g/mol. The van der Waals surface area contributed by atoms with Gasteiger partial charge in [0.2, 0.25) is 5.91 Å². The molecule has 28 heavy (non-hydrogen) atoms. The predicted octanol–water partition coefficient (Wildman–Crippen LogP) is 3.89. The number of benzene rings is 2. The summed E-state index contributed by atoms with van der Waals surface area (Å²) in [4.78, 5) is 25.0. The van der Waals surface area contributed by atoms with Crippen LogP contribution in [0, 0.1) is 0 Å². The molecule has 1 heterocycles. The monoisotopic (exact) mass is 371 g/mol. The third-order valence-electron chi connectivity index (χ3n) is 5.65. The number of nitrogens with one attached hydrogen (secondary N) is 1. The van der Waals surface area contributed by atoms with Crippen LogP contribution >= 0.6 is 0 Å². The largest absolute Gasteiger partial charge is 0.324 e. The van der Waals surface area contributed by atoms with Crippen molar-refractivity contribution in [1.29, 1.82) is 0 Å². The molecule has 0 radical (unpaired) electrons. The second kappa shape index (κ2) is 6.44. The number of carbonyl (C=O) groups excluding carboxylic acids is 1. The summed E-state index contributed by atoms with van der Waals surface area (Å²) in [7, 11) is 0. The fourth-order valence-electron chi connectivity index (χ4n) is 3.89. The molecule has 2 aliphatic carbocycles. The average Bonchev–Trinajstić information content (AvgIpc) is 3.48. The van der Waals surface area contributed by atoms with Crippen LogP contribution in [-0.2, 0) is 11.2 Å². The summed E-state index contributed by atoms with van der Waals surface area (Å²) in [6.07, 6.45) is 3.07. The lowest BCUT2D eigenvalue weighted by Crippen LogP contribution is -2.33. The number of fused-ring (bicyclic) bond motifs is 3. The van der Waals surface area contributed by atoms with E-state index in [1.165, 1.54) is 33.0 Å². The highest BCUT2D eigenvalue weighted by molar-refractivity contribution is 5.94. The number of anilines is 1. The zero-order valence-corrected chi connectivity index (χ0v) is 15.7. The molecule has 0 spiro atoms. The predicted molar refractivity (Wildman–Crippen MR) is 108 cm³/mol. The molecule has 5 nitrogen and oxygen atoms in total. The Morgan fingerprint density at radius 3 is 2.68 bits per heavy atom. The molecule has 0 bridgehead atoms. The quantitative estimate of drug-likeness (QED) is 0.592. The van der Waals surface area contributed by atoms with Gasteiger partial charge in [-0.3, -0.25) is 9.59 Å². The van der Waals surface area contributed by atoms with E-state index in [4.69, 9.17) is 0 Å². The maximum Gasteiger partial charge on any atom is 0.267 e. The molecule has 5 heteroatoms. The molecule has 1 N–H and O–H groups in total. The van der Waals surface area contributed by atoms with Gasteiger partial charge in [0.1, 0.15) is 6.04 Å². The molecule has 1 amide bonds. The minimum absolute atomic E-state index is 0.238. The van der Waals surface area contributed by atoms with E-state index in [-0.39, 0.29) is 11.5 Å². The molecule has 5 rings (SSSR count). The summed E-state index contributed by atoms with van der Waals surface area (Å²) < 4.78 is 1.30. The van der Waals surface area contributed by atoms with Crippen LogP contribution in [0.5, 0.6) is 0 Å². The normalized spacial score (nSPS) is 15.6. The second-order valence-electron chi connectivity index (χ2n) is 7.69. The molecule has 0 aliphatic heterocycles. The maximum absolute atomic E-state index is 12.8. The van der Waals surface area contributed by atoms with Crippen molar-refractivity contribution >= 4 is 11.6 Å². The Kier molecular flexibility index (Phi) is 3.90. The van der Waals surface area contributed by atoms with Gasteiger partial charge in [-0.25, -0.2) is 4.68 Å². The zero-order chi connectivity index (χ0) is 19.3. The van der Waals surface area contributed by atoms with Gasteiger partial charge in [0.15, 0.2) is 0 Å². The van der Waals surface area contributed by atoms with E-state index in [0.717, 1.165) is 30.6 Å². The van der Waals surface area contributed by atoms with Gasteiger partial charge in [-0.1, -0.05) is 30.3 Å². The van der Waals surface area contributed by atoms with E-state index >= 15 is 0 Å². The number of hydrogen-bond donors (Lipinski definition) is 1. The van der Waals surface area contributed by atoms with Gasteiger partial charge < -0.3 is 5.32 Å². The van der Waals surface area contributed by atoms with Gasteiger partial charge in [0.25, 0.3) is 5.56 Å². The van der Waals surface area contributed by atoms with Gasteiger partial charge in [-0.2, -0.15) is 5.10 Å². The summed E-state index contributed by atoms with van der Waals surface area (Å²) in [5, 5.41) is 7.37. The third-order valence-corrected chi connectivity index (χ3v) is 5.65. The Hall–Kier alpha value is -3.21. The number of rotatable bonds is 4. The van der Waals surface area contributed by atoms with Crippen molar-refractivity contribution in [3.8, 4) is 11.1 Å². The molecule has 3 aromatic rings. The molecule has 1 aromatic heterocycles. The molecule has 140 valence electrons. The minimum Gasteiger partial charge on any atom is -0.324 e. The second-order valence-corrected chi connectivity index (χ2v) is 7.69. The van der Waals surface area contributed by atoms with E-state index in [2.05, 4.69) is 34.7 Å².